The second-order valence-corrected chi connectivity index (χ2v) is 6.77. The fraction of sp³-hybridized carbons (Fsp3) is 0.500. The maximum Gasteiger partial charge on any atom is 0.270 e. The number of hydrogen-bond donors (Lipinski definition) is 0. The predicted octanol–water partition coefficient (Wildman–Crippen LogP) is 3.69. The Labute approximate surface area is 121 Å². The maximum absolute atomic E-state index is 10.8. The first-order chi connectivity index (χ1) is 9.52. The maximum atomic E-state index is 10.8. The molecule has 2 aromatic rings. The van der Waals surface area contributed by atoms with Gasteiger partial charge in [-0.05, 0) is 24.3 Å². The van der Waals surface area contributed by atoms with Gasteiger partial charge in [0.15, 0.2) is 5.13 Å². The predicted molar refractivity (Wildman–Crippen MR) is 81.4 cm³/mol. The van der Waals surface area contributed by atoms with Crippen LogP contribution in [0.3, 0.4) is 0 Å². The van der Waals surface area contributed by atoms with Crippen molar-refractivity contribution >= 4 is 32.4 Å². The average molecular weight is 291 g/mol. The SMILES string of the molecule is CC1CC(C)CN(c2nc3ccc([N+](=O)[O-])cc3s2)C1. The second kappa shape index (κ2) is 5.01. The van der Waals surface area contributed by atoms with Crippen molar-refractivity contribution in [2.75, 3.05) is 18.0 Å². The van der Waals surface area contributed by atoms with Crippen molar-refractivity contribution in [2.24, 2.45) is 11.8 Å². The quantitative estimate of drug-likeness (QED) is 0.625. The molecule has 2 heterocycles. The first kappa shape index (κ1) is 13.3. The molecule has 0 aliphatic carbocycles. The van der Waals surface area contributed by atoms with Gasteiger partial charge < -0.3 is 4.90 Å². The number of anilines is 1. The molecule has 5 nitrogen and oxygen atoms in total. The zero-order valence-corrected chi connectivity index (χ0v) is 12.4. The molecule has 3 rings (SSSR count). The van der Waals surface area contributed by atoms with Crippen LogP contribution in [0.15, 0.2) is 18.2 Å². The number of thiazole rings is 1. The lowest BCUT2D eigenvalue weighted by molar-refractivity contribution is -0.384. The van der Waals surface area contributed by atoms with Gasteiger partial charge in [-0.25, -0.2) is 4.98 Å². The van der Waals surface area contributed by atoms with E-state index >= 15 is 0 Å². The number of hydrogen-bond acceptors (Lipinski definition) is 5. The van der Waals surface area contributed by atoms with Gasteiger partial charge in [0, 0.05) is 25.2 Å². The molecular formula is C14H17N3O2S. The van der Waals surface area contributed by atoms with Crippen LogP contribution in [0.1, 0.15) is 20.3 Å². The van der Waals surface area contributed by atoms with Crippen molar-refractivity contribution < 1.29 is 4.92 Å². The highest BCUT2D eigenvalue weighted by molar-refractivity contribution is 7.22. The summed E-state index contributed by atoms with van der Waals surface area (Å²) in [5.74, 6) is 1.33. The summed E-state index contributed by atoms with van der Waals surface area (Å²) in [5, 5.41) is 11.8. The summed E-state index contributed by atoms with van der Waals surface area (Å²) in [6.07, 6.45) is 1.26. The molecule has 2 unspecified atom stereocenters. The highest BCUT2D eigenvalue weighted by Crippen LogP contribution is 2.34. The van der Waals surface area contributed by atoms with Gasteiger partial charge >= 0.3 is 0 Å². The number of rotatable bonds is 2. The highest BCUT2D eigenvalue weighted by Gasteiger charge is 2.24. The number of piperidine rings is 1. The molecule has 0 amide bonds. The van der Waals surface area contributed by atoms with Gasteiger partial charge in [-0.3, -0.25) is 10.1 Å². The van der Waals surface area contributed by atoms with Gasteiger partial charge in [0.25, 0.3) is 5.69 Å². The molecule has 1 saturated heterocycles. The van der Waals surface area contributed by atoms with Crippen molar-refractivity contribution in [3.63, 3.8) is 0 Å². The summed E-state index contributed by atoms with van der Waals surface area (Å²) in [6, 6.07) is 4.88. The van der Waals surface area contributed by atoms with Gasteiger partial charge in [-0.1, -0.05) is 25.2 Å². The van der Waals surface area contributed by atoms with E-state index in [1.165, 1.54) is 12.5 Å². The van der Waals surface area contributed by atoms with Gasteiger partial charge in [0.1, 0.15) is 0 Å². The first-order valence-corrected chi connectivity index (χ1v) is 7.64. The van der Waals surface area contributed by atoms with E-state index in [2.05, 4.69) is 23.7 Å². The minimum Gasteiger partial charge on any atom is -0.348 e. The molecule has 106 valence electrons. The molecule has 1 aliphatic heterocycles. The largest absolute Gasteiger partial charge is 0.348 e. The summed E-state index contributed by atoms with van der Waals surface area (Å²) in [7, 11) is 0. The van der Waals surface area contributed by atoms with E-state index in [1.807, 2.05) is 0 Å². The fourth-order valence-corrected chi connectivity index (χ4v) is 3.99. The van der Waals surface area contributed by atoms with Crippen molar-refractivity contribution in [3.05, 3.63) is 28.3 Å². The Kier molecular flexibility index (Phi) is 3.33. The number of non-ortho nitro benzene ring substituents is 1. The standard InChI is InChI=1S/C14H17N3O2S/c1-9-5-10(2)8-16(7-9)14-15-12-4-3-11(17(18)19)6-13(12)20-14/h3-4,6,9-10H,5,7-8H2,1-2H3. The van der Waals surface area contributed by atoms with E-state index in [9.17, 15) is 10.1 Å². The molecule has 0 saturated carbocycles. The van der Waals surface area contributed by atoms with Gasteiger partial charge in [0.2, 0.25) is 0 Å². The Hall–Kier alpha value is -1.69. The van der Waals surface area contributed by atoms with Gasteiger partial charge in [0.05, 0.1) is 15.1 Å². The summed E-state index contributed by atoms with van der Waals surface area (Å²) in [6.45, 7) is 6.57. The van der Waals surface area contributed by atoms with Crippen LogP contribution in [-0.4, -0.2) is 23.0 Å². The third-order valence-electron chi connectivity index (χ3n) is 3.71. The van der Waals surface area contributed by atoms with Gasteiger partial charge in [-0.2, -0.15) is 0 Å². The molecule has 1 aromatic carbocycles. The van der Waals surface area contributed by atoms with E-state index in [4.69, 9.17) is 0 Å². The van der Waals surface area contributed by atoms with E-state index < -0.39 is 0 Å². The van der Waals surface area contributed by atoms with Crippen LogP contribution in [0.25, 0.3) is 10.2 Å². The molecule has 1 fully saturated rings. The lowest BCUT2D eigenvalue weighted by atomic mass is 9.92. The normalized spacial score (nSPS) is 23.2. The molecule has 1 aliphatic rings. The Morgan fingerprint density at radius 3 is 2.70 bits per heavy atom. The van der Waals surface area contributed by atoms with Crippen molar-refractivity contribution in [3.8, 4) is 0 Å². The number of aromatic nitrogens is 1. The van der Waals surface area contributed by atoms with Crippen LogP contribution >= 0.6 is 11.3 Å². The van der Waals surface area contributed by atoms with E-state index in [1.54, 1.807) is 23.5 Å². The zero-order chi connectivity index (χ0) is 14.3. The van der Waals surface area contributed by atoms with Crippen LogP contribution in [0.2, 0.25) is 0 Å². The Morgan fingerprint density at radius 1 is 1.35 bits per heavy atom. The zero-order valence-electron chi connectivity index (χ0n) is 11.6. The first-order valence-electron chi connectivity index (χ1n) is 6.83. The number of nitro groups is 1. The van der Waals surface area contributed by atoms with Crippen LogP contribution in [0.4, 0.5) is 10.8 Å². The fourth-order valence-electron chi connectivity index (χ4n) is 2.97. The van der Waals surface area contributed by atoms with Gasteiger partial charge in [-0.15, -0.1) is 0 Å². The van der Waals surface area contributed by atoms with Crippen molar-refractivity contribution in [2.45, 2.75) is 20.3 Å². The Morgan fingerprint density at radius 2 is 2.05 bits per heavy atom. The van der Waals surface area contributed by atoms with E-state index in [-0.39, 0.29) is 10.6 Å². The topological polar surface area (TPSA) is 59.3 Å². The summed E-state index contributed by atoms with van der Waals surface area (Å²) < 4.78 is 0.889. The molecule has 6 heteroatoms. The van der Waals surface area contributed by atoms with Crippen molar-refractivity contribution in [1.82, 2.24) is 4.98 Å². The molecule has 0 bridgehead atoms. The lowest BCUT2D eigenvalue weighted by Gasteiger charge is -2.34. The smallest absolute Gasteiger partial charge is 0.270 e. The summed E-state index contributed by atoms with van der Waals surface area (Å²) >= 11 is 1.55. The number of fused-ring (bicyclic) bond motifs is 1. The molecular weight excluding hydrogens is 274 g/mol. The molecule has 20 heavy (non-hydrogen) atoms. The Balaban J connectivity index is 1.94. The number of nitro benzene ring substituents is 1. The number of benzene rings is 1. The van der Waals surface area contributed by atoms with E-state index in [0.717, 1.165) is 28.4 Å². The minimum atomic E-state index is -0.357. The van der Waals surface area contributed by atoms with Crippen LogP contribution < -0.4 is 4.90 Å². The third kappa shape index (κ3) is 2.47. The monoisotopic (exact) mass is 291 g/mol. The van der Waals surface area contributed by atoms with Crippen molar-refractivity contribution in [1.29, 1.82) is 0 Å². The molecule has 2 atom stereocenters. The average Bonchev–Trinajstić information content (AvgIpc) is 2.80. The third-order valence-corrected chi connectivity index (χ3v) is 4.79. The second-order valence-electron chi connectivity index (χ2n) is 5.76. The van der Waals surface area contributed by atoms with Crippen LogP contribution in [0, 0.1) is 22.0 Å². The summed E-state index contributed by atoms with van der Waals surface area (Å²) in [4.78, 5) is 17.4. The Bertz CT molecular complexity index is 645. The van der Waals surface area contributed by atoms with Crippen LogP contribution in [-0.2, 0) is 0 Å². The molecule has 0 spiro atoms. The van der Waals surface area contributed by atoms with E-state index in [0.29, 0.717) is 11.8 Å². The summed E-state index contributed by atoms with van der Waals surface area (Å²) in [5.41, 5.74) is 0.981. The molecule has 1 aromatic heterocycles. The number of nitrogens with zero attached hydrogens (tertiary/aromatic N) is 3. The van der Waals surface area contributed by atoms with Crippen LogP contribution in [0.5, 0.6) is 0 Å². The highest BCUT2D eigenvalue weighted by atomic mass is 32.1. The minimum absolute atomic E-state index is 0.132. The molecule has 0 N–H and O–H groups in total. The molecule has 0 radical (unpaired) electrons. The lowest BCUT2D eigenvalue weighted by Crippen LogP contribution is -2.38.